The standard InChI is InChI=1S/C17H16BrClN5O2P.C13H16N3O2P.C4HBrCl2N2.CH3F.CH2O3.2K.H/c1-26-15-9-20-8-13(22-15)10-4-5-12(14(6-10)27(2,3)25)23-16-11(18)7-21-17(19)24-16;1-18-13-8-15-7-11(16-13)9-4-5-10(14)12(6-9)19(2,3)17;5-2-1-8-4(7)9-3(2)6;1-2;2-1-4-3;;;/h4-9H,1-3H3,(H,21,23,24);4-8H,14H2,1-3H3;1H;1H3;1,3H;;;/q;;;;;2*+1;-1/p-1/i;;;1D;;;;. The normalized spacial score (nSPS) is 10.3. The van der Waals surface area contributed by atoms with Crippen LogP contribution in [0, 0.1) is 0 Å². The average molecular weight is 1150 g/mol. The Morgan fingerprint density at radius 3 is 1.65 bits per heavy atom. The zero-order valence-electron chi connectivity index (χ0n) is 36.9. The van der Waals surface area contributed by atoms with Gasteiger partial charge in [0.15, 0.2) is 0 Å². The van der Waals surface area contributed by atoms with Crippen molar-refractivity contribution in [2.45, 2.75) is 0 Å². The molecule has 27 heteroatoms. The molecular formula is C36H38Br2Cl3FK2N10O7P2. The van der Waals surface area contributed by atoms with Gasteiger partial charge in [-0.3, -0.25) is 19.2 Å². The van der Waals surface area contributed by atoms with Crippen LogP contribution in [0.2, 0.25) is 15.7 Å². The first-order valence-corrected chi connectivity index (χ1v) is 24.4. The number of hydrogen-bond acceptors (Lipinski definition) is 17. The van der Waals surface area contributed by atoms with Gasteiger partial charge in [0.1, 0.15) is 25.3 Å². The summed E-state index contributed by atoms with van der Waals surface area (Å²) in [5.74, 6) is 1.33. The Kier molecular flexibility index (Phi) is 29.5. The molecule has 6 rings (SSSR count). The SMILES string of the molecule is COc1cncc(-c2ccc(N)c(P(C)(C)=O)c2)n1.COc1cncc(-c2ccc(Nc3nc(Cl)ncc3Br)c(P(C)(C)=O)c2)n1.Clc1ncc(Br)c(Cl)n1.O=CO[O-].[2H]CF.[H-].[K+].[K+]. The van der Waals surface area contributed by atoms with E-state index in [9.17, 15) is 13.5 Å². The number of rotatable bonds is 9. The molecule has 0 radical (unpaired) electrons. The monoisotopic (exact) mass is 1140 g/mol. The van der Waals surface area contributed by atoms with Gasteiger partial charge in [-0.05, 0) is 106 Å². The number of anilines is 3. The van der Waals surface area contributed by atoms with Crippen LogP contribution in [0.1, 0.15) is 2.80 Å². The van der Waals surface area contributed by atoms with E-state index < -0.39 is 21.4 Å². The van der Waals surface area contributed by atoms with Crippen LogP contribution in [-0.4, -0.2) is 94.4 Å². The summed E-state index contributed by atoms with van der Waals surface area (Å²) < 4.78 is 52.1. The topological polar surface area (TPSA) is 243 Å². The molecule has 3 N–H and O–H groups in total. The number of nitrogen functional groups attached to an aromatic ring is 1. The van der Waals surface area contributed by atoms with E-state index in [1.165, 1.54) is 32.8 Å². The number of nitrogens with two attached hydrogens (primary N) is 1. The summed E-state index contributed by atoms with van der Waals surface area (Å²) in [6.45, 7) is 6.62. The molecule has 0 aliphatic heterocycles. The van der Waals surface area contributed by atoms with Crippen molar-refractivity contribution >= 4 is 115 Å². The van der Waals surface area contributed by atoms with Crippen LogP contribution < -0.4 is 139 Å². The summed E-state index contributed by atoms with van der Waals surface area (Å²) in [4.78, 5) is 43.5. The van der Waals surface area contributed by atoms with Crippen molar-refractivity contribution in [3.8, 4) is 34.3 Å². The van der Waals surface area contributed by atoms with Crippen LogP contribution in [0.5, 0.6) is 11.8 Å². The predicted octanol–water partition coefficient (Wildman–Crippen LogP) is 2.02. The van der Waals surface area contributed by atoms with Crippen molar-refractivity contribution in [2.75, 3.05) is 59.1 Å². The van der Waals surface area contributed by atoms with Gasteiger partial charge >= 0.3 is 103 Å². The molecule has 0 aliphatic carbocycles. The van der Waals surface area contributed by atoms with Crippen LogP contribution in [0.25, 0.3) is 22.5 Å². The van der Waals surface area contributed by atoms with Gasteiger partial charge in [-0.25, -0.2) is 24.9 Å². The number of methoxy groups -OCH3 is 2. The molecule has 2 aromatic carbocycles. The number of carbonyl (C=O) groups is 1. The summed E-state index contributed by atoms with van der Waals surface area (Å²) >= 11 is 23.3. The Bertz CT molecular complexity index is 2540. The number of alkyl halides is 1. The first kappa shape index (κ1) is 59.9. The third-order valence-corrected chi connectivity index (χ3v) is 12.2. The average Bonchev–Trinajstić information content (AvgIpc) is 3.24. The van der Waals surface area contributed by atoms with Crippen molar-refractivity contribution in [1.82, 2.24) is 39.9 Å². The predicted molar refractivity (Wildman–Crippen MR) is 244 cm³/mol. The zero-order valence-corrected chi connectivity index (χ0v) is 48.4. The number of nitrogens with one attached hydrogen (secondary N) is 1. The van der Waals surface area contributed by atoms with E-state index in [0.29, 0.717) is 65.0 Å². The molecule has 6 aromatic rings. The molecular weight excluding hydrogens is 1110 g/mol. The molecule has 0 saturated heterocycles. The van der Waals surface area contributed by atoms with Gasteiger partial charge in [0.05, 0.1) is 73.6 Å². The van der Waals surface area contributed by atoms with Gasteiger partial charge in [0, 0.05) is 39.8 Å². The maximum atomic E-state index is 12.9. The number of hydrogen-bond donors (Lipinski definition) is 2. The fraction of sp³-hybridized carbons (Fsp3) is 0.194. The minimum atomic E-state index is -2.62. The first-order chi connectivity index (χ1) is 29.2. The number of nitrogens with zero attached hydrogens (tertiary/aromatic N) is 8. The molecule has 0 unspecified atom stereocenters. The fourth-order valence-corrected chi connectivity index (χ4v) is 7.70. The van der Waals surface area contributed by atoms with E-state index in [4.69, 9.17) is 61.4 Å². The van der Waals surface area contributed by atoms with Crippen LogP contribution in [0.3, 0.4) is 0 Å². The number of aromatic nitrogens is 8. The van der Waals surface area contributed by atoms with Crippen molar-refractivity contribution in [3.63, 3.8) is 0 Å². The van der Waals surface area contributed by atoms with Crippen molar-refractivity contribution in [2.24, 2.45) is 0 Å². The molecule has 4 aromatic heterocycles. The smallest absolute Gasteiger partial charge is 1.00 e. The Morgan fingerprint density at radius 2 is 1.22 bits per heavy atom. The van der Waals surface area contributed by atoms with E-state index >= 15 is 0 Å². The summed E-state index contributed by atoms with van der Waals surface area (Å²) in [6, 6.07) is 10.9. The summed E-state index contributed by atoms with van der Waals surface area (Å²) in [5.41, 5.74) is 9.97. The molecule has 0 atom stereocenters. The molecule has 63 heavy (non-hydrogen) atoms. The van der Waals surface area contributed by atoms with Crippen molar-refractivity contribution in [1.29, 1.82) is 0 Å². The van der Waals surface area contributed by atoms with E-state index in [0.717, 1.165) is 11.1 Å². The number of ether oxygens (including phenoxy) is 2. The molecule has 0 bridgehead atoms. The second-order valence-corrected chi connectivity index (χ2v) is 21.1. The van der Waals surface area contributed by atoms with E-state index in [-0.39, 0.29) is 121 Å². The second kappa shape index (κ2) is 31.0. The number of carbonyl (C=O) groups excluding carboxylic acids is 1. The van der Waals surface area contributed by atoms with Crippen LogP contribution >= 0.6 is 80.9 Å². The van der Waals surface area contributed by atoms with E-state index in [2.05, 4.69) is 81.9 Å². The zero-order chi connectivity index (χ0) is 46.6. The quantitative estimate of drug-likeness (QED) is 0.0308. The van der Waals surface area contributed by atoms with Crippen molar-refractivity contribution < 1.29 is 144 Å². The van der Waals surface area contributed by atoms with Gasteiger partial charge in [0.25, 0.3) is 6.47 Å². The minimum absolute atomic E-state index is 0. The van der Waals surface area contributed by atoms with Crippen LogP contribution in [0.15, 0.2) is 82.5 Å². The van der Waals surface area contributed by atoms with Gasteiger partial charge < -0.3 is 41.2 Å². The van der Waals surface area contributed by atoms with Gasteiger partial charge in [0.2, 0.25) is 22.3 Å². The molecule has 0 saturated carbocycles. The Morgan fingerprint density at radius 1 is 0.778 bits per heavy atom. The first-order valence-electron chi connectivity index (χ1n) is 17.2. The summed E-state index contributed by atoms with van der Waals surface area (Å²) in [6.07, 6.45) is 9.38. The summed E-state index contributed by atoms with van der Waals surface area (Å²) in [7, 11) is -2.98. The summed E-state index contributed by atoms with van der Waals surface area (Å²) in [5, 5.41) is 13.5. The molecule has 17 nitrogen and oxygen atoms in total. The van der Waals surface area contributed by atoms with Crippen LogP contribution in [0.4, 0.5) is 21.6 Å². The molecule has 4 heterocycles. The third-order valence-electron chi connectivity index (χ3n) is 7.10. The Hall–Kier alpha value is -1.12. The molecule has 0 fully saturated rings. The largest absolute Gasteiger partial charge is 1.00 e. The van der Waals surface area contributed by atoms with E-state index in [1.54, 1.807) is 57.4 Å². The van der Waals surface area contributed by atoms with Gasteiger partial charge in [-0.2, -0.15) is 4.98 Å². The Balaban J connectivity index is 0. The number of benzene rings is 2. The number of halogens is 6. The Labute approximate surface area is 483 Å². The molecule has 0 aliphatic rings. The molecule has 0 amide bonds. The van der Waals surface area contributed by atoms with E-state index in [1.807, 2.05) is 24.3 Å². The minimum Gasteiger partial charge on any atom is -1.00 e. The molecule has 328 valence electrons. The van der Waals surface area contributed by atoms with Crippen molar-refractivity contribution in [3.05, 3.63) is 98.2 Å². The van der Waals surface area contributed by atoms with Gasteiger partial charge in [-0.1, -0.05) is 23.7 Å². The van der Waals surface area contributed by atoms with Crippen LogP contribution in [-0.2, 0) is 18.8 Å². The molecule has 0 spiro atoms. The maximum absolute atomic E-state index is 12.9. The maximum Gasteiger partial charge on any atom is 1.00 e. The fourth-order valence-electron chi connectivity index (χ4n) is 4.47. The second-order valence-electron chi connectivity index (χ2n) is 12.0. The van der Waals surface area contributed by atoms with Gasteiger partial charge in [-0.15, -0.1) is 0 Å². The third kappa shape index (κ3) is 21.2.